The van der Waals surface area contributed by atoms with E-state index in [9.17, 15) is 18.0 Å². The first-order valence-electron chi connectivity index (χ1n) is 9.67. The Balaban J connectivity index is 1.41. The van der Waals surface area contributed by atoms with Gasteiger partial charge in [0, 0.05) is 33.6 Å². The van der Waals surface area contributed by atoms with Crippen LogP contribution in [0.15, 0.2) is 52.4 Å². The standard InChI is InChI=1S/C21H22F3N3OS/c1-13-19(14-7-10-27(13)11-8-14)26-20(28)15-2-4-16(5-3-15)29-17-6-9-25-18(12-17)21(22,23)24/h2-6,9,12-14,19H,7-8,10-11H2,1H3,(H,26,28)/t13-,19+/m1/s1. The largest absolute Gasteiger partial charge is 0.433 e. The number of carbonyl (C=O) groups is 1. The van der Waals surface area contributed by atoms with Gasteiger partial charge in [-0.05, 0) is 75.2 Å². The highest BCUT2D eigenvalue weighted by molar-refractivity contribution is 7.99. The number of nitrogens with one attached hydrogen (secondary N) is 1. The van der Waals surface area contributed by atoms with Gasteiger partial charge < -0.3 is 5.32 Å². The quantitative estimate of drug-likeness (QED) is 0.792. The summed E-state index contributed by atoms with van der Waals surface area (Å²) in [5.41, 5.74) is -0.353. The van der Waals surface area contributed by atoms with Crippen molar-refractivity contribution in [2.24, 2.45) is 5.92 Å². The van der Waals surface area contributed by atoms with Crippen LogP contribution in [0.25, 0.3) is 0 Å². The Hall–Kier alpha value is -2.06. The Bertz CT molecular complexity index is 877. The summed E-state index contributed by atoms with van der Waals surface area (Å²) in [6.45, 7) is 4.38. The van der Waals surface area contributed by atoms with Crippen LogP contribution in [0.5, 0.6) is 0 Å². The van der Waals surface area contributed by atoms with Crippen molar-refractivity contribution in [3.63, 3.8) is 0 Å². The van der Waals surface area contributed by atoms with Gasteiger partial charge in [0.05, 0.1) is 0 Å². The minimum absolute atomic E-state index is 0.101. The molecule has 0 spiro atoms. The van der Waals surface area contributed by atoms with Crippen molar-refractivity contribution in [3.8, 4) is 0 Å². The highest BCUT2D eigenvalue weighted by atomic mass is 32.2. The second kappa shape index (κ2) is 7.99. The molecule has 1 amide bonds. The molecule has 3 saturated heterocycles. The molecule has 8 heteroatoms. The normalized spacial score (nSPS) is 26.3. The topological polar surface area (TPSA) is 45.2 Å². The van der Waals surface area contributed by atoms with E-state index in [1.165, 1.54) is 17.8 Å². The van der Waals surface area contributed by atoms with Gasteiger partial charge in [-0.25, -0.2) is 0 Å². The van der Waals surface area contributed by atoms with Crippen LogP contribution in [-0.2, 0) is 6.18 Å². The van der Waals surface area contributed by atoms with E-state index in [-0.39, 0.29) is 11.9 Å². The zero-order valence-corrected chi connectivity index (χ0v) is 16.8. The zero-order chi connectivity index (χ0) is 20.6. The number of carbonyl (C=O) groups excluding carboxylic acids is 1. The van der Waals surface area contributed by atoms with Crippen molar-refractivity contribution in [1.82, 2.24) is 15.2 Å². The second-order valence-electron chi connectivity index (χ2n) is 7.61. The van der Waals surface area contributed by atoms with Crippen molar-refractivity contribution in [3.05, 3.63) is 53.9 Å². The molecule has 154 valence electrons. The third-order valence-electron chi connectivity index (χ3n) is 5.85. The summed E-state index contributed by atoms with van der Waals surface area (Å²) in [5.74, 6) is 0.429. The lowest BCUT2D eigenvalue weighted by Crippen LogP contribution is -2.62. The number of nitrogens with zero attached hydrogens (tertiary/aromatic N) is 2. The molecule has 1 N–H and O–H groups in total. The molecule has 0 saturated carbocycles. The average molecular weight is 421 g/mol. The fourth-order valence-electron chi connectivity index (χ4n) is 4.22. The Morgan fingerprint density at radius 3 is 2.45 bits per heavy atom. The van der Waals surface area contributed by atoms with E-state index in [2.05, 4.69) is 22.1 Å². The summed E-state index contributed by atoms with van der Waals surface area (Å²) in [4.78, 5) is 19.7. The summed E-state index contributed by atoms with van der Waals surface area (Å²) in [5, 5.41) is 3.19. The first kappa shape index (κ1) is 20.2. The number of fused-ring (bicyclic) bond motifs is 3. The molecule has 3 aliphatic rings. The Morgan fingerprint density at radius 2 is 1.83 bits per heavy atom. The number of rotatable bonds is 4. The van der Waals surface area contributed by atoms with Crippen molar-refractivity contribution in [2.75, 3.05) is 13.1 Å². The van der Waals surface area contributed by atoms with Gasteiger partial charge in [0.15, 0.2) is 0 Å². The van der Waals surface area contributed by atoms with Gasteiger partial charge in [-0.1, -0.05) is 11.8 Å². The fraction of sp³-hybridized carbons (Fsp3) is 0.429. The molecule has 3 fully saturated rings. The molecule has 29 heavy (non-hydrogen) atoms. The van der Waals surface area contributed by atoms with Gasteiger partial charge in [-0.15, -0.1) is 0 Å². The van der Waals surface area contributed by atoms with E-state index in [1.807, 2.05) is 0 Å². The van der Waals surface area contributed by atoms with Crippen LogP contribution in [0.4, 0.5) is 13.2 Å². The third kappa shape index (κ3) is 4.43. The number of aromatic nitrogens is 1. The smallest absolute Gasteiger partial charge is 0.347 e. The summed E-state index contributed by atoms with van der Waals surface area (Å²) < 4.78 is 38.4. The van der Waals surface area contributed by atoms with Gasteiger partial charge >= 0.3 is 6.18 Å². The molecule has 5 rings (SSSR count). The number of pyridine rings is 1. The predicted octanol–water partition coefficient (Wildman–Crippen LogP) is 4.46. The number of alkyl halides is 3. The highest BCUT2D eigenvalue weighted by Crippen LogP contribution is 2.34. The molecule has 1 aromatic carbocycles. The molecule has 1 aromatic heterocycles. The van der Waals surface area contributed by atoms with Crippen molar-refractivity contribution in [1.29, 1.82) is 0 Å². The number of amides is 1. The van der Waals surface area contributed by atoms with Gasteiger partial charge in [-0.3, -0.25) is 14.7 Å². The van der Waals surface area contributed by atoms with E-state index in [4.69, 9.17) is 0 Å². The molecule has 0 radical (unpaired) electrons. The van der Waals surface area contributed by atoms with E-state index < -0.39 is 11.9 Å². The lowest BCUT2D eigenvalue weighted by atomic mass is 9.79. The summed E-state index contributed by atoms with van der Waals surface area (Å²) in [6, 6.07) is 10.0. The van der Waals surface area contributed by atoms with E-state index in [0.717, 1.165) is 43.1 Å². The molecule has 2 aromatic rings. The molecule has 3 aliphatic heterocycles. The minimum Gasteiger partial charge on any atom is -0.347 e. The zero-order valence-electron chi connectivity index (χ0n) is 15.9. The summed E-state index contributed by atoms with van der Waals surface area (Å²) in [7, 11) is 0. The highest BCUT2D eigenvalue weighted by Gasteiger charge is 2.40. The van der Waals surface area contributed by atoms with E-state index in [0.29, 0.717) is 22.4 Å². The Morgan fingerprint density at radius 1 is 1.14 bits per heavy atom. The summed E-state index contributed by atoms with van der Waals surface area (Å²) >= 11 is 1.21. The lowest BCUT2D eigenvalue weighted by molar-refractivity contribution is -0.141. The van der Waals surface area contributed by atoms with Gasteiger partial charge in [0.2, 0.25) is 0 Å². The first-order valence-corrected chi connectivity index (χ1v) is 10.5. The maximum absolute atomic E-state index is 12.8. The molecule has 2 atom stereocenters. The molecule has 2 bridgehead atoms. The van der Waals surface area contributed by atoms with Crippen LogP contribution < -0.4 is 5.32 Å². The SMILES string of the molecule is C[C@@H]1[C@H](NC(=O)c2ccc(Sc3ccnc(C(F)(F)F)c3)cc2)C2CCN1CC2. The number of benzene rings is 1. The maximum atomic E-state index is 12.8. The van der Waals surface area contributed by atoms with E-state index >= 15 is 0 Å². The van der Waals surface area contributed by atoms with Crippen LogP contribution in [0.1, 0.15) is 35.8 Å². The van der Waals surface area contributed by atoms with Crippen LogP contribution in [0.2, 0.25) is 0 Å². The van der Waals surface area contributed by atoms with Crippen molar-refractivity contribution < 1.29 is 18.0 Å². The van der Waals surface area contributed by atoms with Crippen molar-refractivity contribution >= 4 is 17.7 Å². The number of hydrogen-bond donors (Lipinski definition) is 1. The number of hydrogen-bond acceptors (Lipinski definition) is 4. The summed E-state index contributed by atoms with van der Waals surface area (Å²) in [6.07, 6.45) is -1.07. The molecule has 4 nitrogen and oxygen atoms in total. The van der Waals surface area contributed by atoms with Gasteiger partial charge in [0.1, 0.15) is 5.69 Å². The third-order valence-corrected chi connectivity index (χ3v) is 6.85. The predicted molar refractivity (Wildman–Crippen MR) is 105 cm³/mol. The molecular formula is C21H22F3N3OS. The Kier molecular flexibility index (Phi) is 5.57. The molecular weight excluding hydrogens is 399 g/mol. The molecule has 0 aliphatic carbocycles. The Labute approximate surface area is 171 Å². The van der Waals surface area contributed by atoms with Gasteiger partial charge in [0.25, 0.3) is 5.91 Å². The molecule has 4 heterocycles. The lowest BCUT2D eigenvalue weighted by Gasteiger charge is -2.49. The maximum Gasteiger partial charge on any atom is 0.433 e. The van der Waals surface area contributed by atoms with Crippen LogP contribution >= 0.6 is 11.8 Å². The van der Waals surface area contributed by atoms with Crippen LogP contribution in [0, 0.1) is 5.92 Å². The monoisotopic (exact) mass is 421 g/mol. The first-order chi connectivity index (χ1) is 13.8. The number of piperidine rings is 3. The van der Waals surface area contributed by atoms with Gasteiger partial charge in [-0.2, -0.15) is 13.2 Å². The second-order valence-corrected chi connectivity index (χ2v) is 8.76. The van der Waals surface area contributed by atoms with Crippen LogP contribution in [0.3, 0.4) is 0 Å². The van der Waals surface area contributed by atoms with E-state index in [1.54, 1.807) is 24.3 Å². The minimum atomic E-state index is -4.47. The fourth-order valence-corrected chi connectivity index (χ4v) is 5.06. The van der Waals surface area contributed by atoms with Crippen LogP contribution in [-0.4, -0.2) is 41.0 Å². The molecule has 0 unspecified atom stereocenters. The average Bonchev–Trinajstić information content (AvgIpc) is 2.71. The van der Waals surface area contributed by atoms with Crippen molar-refractivity contribution in [2.45, 2.75) is 47.8 Å². The number of halogens is 3.